The van der Waals surface area contributed by atoms with Crippen molar-refractivity contribution in [2.24, 2.45) is 11.8 Å². The average Bonchev–Trinajstić information content (AvgIpc) is 2.74. The highest BCUT2D eigenvalue weighted by Gasteiger charge is 2.31. The number of hydrogen-bond acceptors (Lipinski definition) is 4. The summed E-state index contributed by atoms with van der Waals surface area (Å²) in [5.41, 5.74) is 2.92. The summed E-state index contributed by atoms with van der Waals surface area (Å²) in [6.45, 7) is 8.75. The SMILES string of the molecule is Cc1cccc(C)c1NC(=O)CNC(=O)c1ccc(S(=O)(=O)N2C[C@H](C)C[C@H](C)C2)cc1. The van der Waals surface area contributed by atoms with Gasteiger partial charge in [-0.25, -0.2) is 8.42 Å². The number of piperidine rings is 1. The Morgan fingerprint density at radius 1 is 0.969 bits per heavy atom. The maximum atomic E-state index is 13.0. The fraction of sp³-hybridized carbons (Fsp3) is 0.417. The number of anilines is 1. The third-order valence-electron chi connectivity index (χ3n) is 5.74. The largest absolute Gasteiger partial charge is 0.343 e. The Morgan fingerprint density at radius 2 is 1.53 bits per heavy atom. The molecule has 0 saturated carbocycles. The molecule has 1 aliphatic heterocycles. The first-order valence-electron chi connectivity index (χ1n) is 10.8. The number of rotatable bonds is 6. The molecule has 2 amide bonds. The Labute approximate surface area is 190 Å². The van der Waals surface area contributed by atoms with E-state index in [0.717, 1.165) is 23.2 Å². The lowest BCUT2D eigenvalue weighted by atomic mass is 9.94. The van der Waals surface area contributed by atoms with E-state index in [1.54, 1.807) is 0 Å². The summed E-state index contributed by atoms with van der Waals surface area (Å²) in [4.78, 5) is 24.9. The monoisotopic (exact) mass is 457 g/mol. The predicted molar refractivity (Wildman–Crippen MR) is 125 cm³/mol. The summed E-state index contributed by atoms with van der Waals surface area (Å²) in [6, 6.07) is 11.6. The summed E-state index contributed by atoms with van der Waals surface area (Å²) in [5.74, 6) is -0.143. The number of nitrogens with one attached hydrogen (secondary N) is 2. The molecule has 3 rings (SSSR count). The molecule has 0 spiro atoms. The van der Waals surface area contributed by atoms with Crippen LogP contribution in [-0.4, -0.2) is 44.2 Å². The molecule has 0 aliphatic carbocycles. The fourth-order valence-corrected chi connectivity index (χ4v) is 5.87. The van der Waals surface area contributed by atoms with Crippen LogP contribution < -0.4 is 10.6 Å². The maximum absolute atomic E-state index is 13.0. The van der Waals surface area contributed by atoms with Gasteiger partial charge >= 0.3 is 0 Å². The van der Waals surface area contributed by atoms with Crippen molar-refractivity contribution in [3.63, 3.8) is 0 Å². The van der Waals surface area contributed by atoms with Crippen molar-refractivity contribution in [1.82, 2.24) is 9.62 Å². The van der Waals surface area contributed by atoms with Gasteiger partial charge in [0.05, 0.1) is 11.4 Å². The molecule has 8 heteroatoms. The lowest BCUT2D eigenvalue weighted by Crippen LogP contribution is -2.42. The average molecular weight is 458 g/mol. The molecular formula is C24H31N3O4S. The second-order valence-electron chi connectivity index (χ2n) is 8.79. The maximum Gasteiger partial charge on any atom is 0.251 e. The lowest BCUT2D eigenvalue weighted by Gasteiger charge is -2.34. The Balaban J connectivity index is 1.61. The van der Waals surface area contributed by atoms with E-state index in [1.807, 2.05) is 32.0 Å². The molecular weight excluding hydrogens is 426 g/mol. The summed E-state index contributed by atoms with van der Waals surface area (Å²) >= 11 is 0. The minimum absolute atomic E-state index is 0.170. The molecule has 1 heterocycles. The minimum atomic E-state index is -3.60. The van der Waals surface area contributed by atoms with Crippen LogP contribution in [0.15, 0.2) is 47.4 Å². The first kappa shape index (κ1) is 23.9. The smallest absolute Gasteiger partial charge is 0.251 e. The van der Waals surface area contributed by atoms with Crippen molar-refractivity contribution in [2.45, 2.75) is 39.0 Å². The number of nitrogens with zero attached hydrogens (tertiary/aromatic N) is 1. The van der Waals surface area contributed by atoms with Crippen LogP contribution in [0.1, 0.15) is 41.8 Å². The van der Waals surface area contributed by atoms with Gasteiger partial charge < -0.3 is 10.6 Å². The van der Waals surface area contributed by atoms with Crippen LogP contribution in [0.2, 0.25) is 0 Å². The second kappa shape index (κ2) is 9.83. The number of hydrogen-bond donors (Lipinski definition) is 2. The highest BCUT2D eigenvalue weighted by Crippen LogP contribution is 2.26. The van der Waals surface area contributed by atoms with Gasteiger partial charge in [0.2, 0.25) is 15.9 Å². The predicted octanol–water partition coefficient (Wildman–Crippen LogP) is 3.34. The molecule has 0 unspecified atom stereocenters. The van der Waals surface area contributed by atoms with Gasteiger partial charge in [-0.1, -0.05) is 32.0 Å². The van der Waals surface area contributed by atoms with Crippen molar-refractivity contribution < 1.29 is 18.0 Å². The number of para-hydroxylation sites is 1. The third kappa shape index (κ3) is 5.55. The molecule has 2 aromatic carbocycles. The zero-order valence-electron chi connectivity index (χ0n) is 19.0. The van der Waals surface area contributed by atoms with Gasteiger partial charge in [-0.05, 0) is 67.5 Å². The minimum Gasteiger partial charge on any atom is -0.343 e. The number of amides is 2. The van der Waals surface area contributed by atoms with Gasteiger partial charge in [0.15, 0.2) is 0 Å². The highest BCUT2D eigenvalue weighted by molar-refractivity contribution is 7.89. The Bertz CT molecular complexity index is 1070. The molecule has 2 N–H and O–H groups in total. The molecule has 32 heavy (non-hydrogen) atoms. The molecule has 7 nitrogen and oxygen atoms in total. The Hall–Kier alpha value is -2.71. The van der Waals surface area contributed by atoms with E-state index in [0.29, 0.717) is 30.5 Å². The Kier molecular flexibility index (Phi) is 7.36. The van der Waals surface area contributed by atoms with Crippen LogP contribution >= 0.6 is 0 Å². The first-order valence-corrected chi connectivity index (χ1v) is 12.3. The molecule has 1 fully saturated rings. The van der Waals surface area contributed by atoms with Crippen LogP contribution in [-0.2, 0) is 14.8 Å². The quantitative estimate of drug-likeness (QED) is 0.695. The van der Waals surface area contributed by atoms with Gasteiger partial charge in [-0.3, -0.25) is 9.59 Å². The van der Waals surface area contributed by atoms with Gasteiger partial charge in [-0.2, -0.15) is 4.31 Å². The molecule has 172 valence electrons. The number of carbonyl (C=O) groups is 2. The molecule has 2 atom stereocenters. The fourth-order valence-electron chi connectivity index (χ4n) is 4.19. The highest BCUT2D eigenvalue weighted by atomic mass is 32.2. The van der Waals surface area contributed by atoms with Crippen LogP contribution in [0.5, 0.6) is 0 Å². The van der Waals surface area contributed by atoms with Crippen LogP contribution in [0.25, 0.3) is 0 Å². The zero-order valence-corrected chi connectivity index (χ0v) is 19.8. The zero-order chi connectivity index (χ0) is 23.5. The molecule has 1 saturated heterocycles. The van der Waals surface area contributed by atoms with Crippen molar-refractivity contribution >= 4 is 27.5 Å². The Morgan fingerprint density at radius 3 is 2.09 bits per heavy atom. The van der Waals surface area contributed by atoms with Crippen molar-refractivity contribution in [3.05, 3.63) is 59.2 Å². The molecule has 0 bridgehead atoms. The van der Waals surface area contributed by atoms with E-state index in [1.165, 1.54) is 28.6 Å². The van der Waals surface area contributed by atoms with E-state index in [9.17, 15) is 18.0 Å². The van der Waals surface area contributed by atoms with Crippen LogP contribution in [0, 0.1) is 25.7 Å². The normalized spacial score (nSPS) is 19.4. The standard InChI is InChI=1S/C24H31N3O4S/c1-16-12-17(2)15-27(14-16)32(30,31)21-10-8-20(9-11-21)24(29)25-13-22(28)26-23-18(3)6-5-7-19(23)4/h5-11,16-17H,12-15H2,1-4H3,(H,25,29)(H,26,28)/t16-,17+. The number of aryl methyl sites for hydroxylation is 2. The van der Waals surface area contributed by atoms with E-state index in [-0.39, 0.29) is 17.3 Å². The number of carbonyl (C=O) groups excluding carboxylic acids is 2. The van der Waals surface area contributed by atoms with Crippen LogP contribution in [0.4, 0.5) is 5.69 Å². The topological polar surface area (TPSA) is 95.6 Å². The summed E-state index contributed by atoms with van der Waals surface area (Å²) in [7, 11) is -3.60. The van der Waals surface area contributed by atoms with Gasteiger partial charge in [0.1, 0.15) is 0 Å². The first-order chi connectivity index (χ1) is 15.1. The van der Waals surface area contributed by atoms with Gasteiger partial charge in [0, 0.05) is 24.3 Å². The van der Waals surface area contributed by atoms with Crippen molar-refractivity contribution in [3.8, 4) is 0 Å². The number of benzene rings is 2. The van der Waals surface area contributed by atoms with Gasteiger partial charge in [0.25, 0.3) is 5.91 Å². The molecule has 0 radical (unpaired) electrons. The summed E-state index contributed by atoms with van der Waals surface area (Å²) in [5, 5.41) is 5.40. The summed E-state index contributed by atoms with van der Waals surface area (Å²) < 4.78 is 27.5. The van der Waals surface area contributed by atoms with Crippen molar-refractivity contribution in [2.75, 3.05) is 25.0 Å². The third-order valence-corrected chi connectivity index (χ3v) is 7.59. The lowest BCUT2D eigenvalue weighted by molar-refractivity contribution is -0.115. The summed E-state index contributed by atoms with van der Waals surface area (Å²) in [6.07, 6.45) is 1.02. The molecule has 0 aromatic heterocycles. The number of sulfonamides is 1. The van der Waals surface area contributed by atoms with E-state index in [4.69, 9.17) is 0 Å². The second-order valence-corrected chi connectivity index (χ2v) is 10.7. The van der Waals surface area contributed by atoms with E-state index in [2.05, 4.69) is 24.5 Å². The van der Waals surface area contributed by atoms with Gasteiger partial charge in [-0.15, -0.1) is 0 Å². The molecule has 2 aromatic rings. The van der Waals surface area contributed by atoms with Crippen LogP contribution in [0.3, 0.4) is 0 Å². The van der Waals surface area contributed by atoms with E-state index >= 15 is 0 Å². The molecule has 1 aliphatic rings. The van der Waals surface area contributed by atoms with E-state index < -0.39 is 15.9 Å². The van der Waals surface area contributed by atoms with Crippen molar-refractivity contribution in [1.29, 1.82) is 0 Å².